The van der Waals surface area contributed by atoms with Crippen molar-refractivity contribution < 1.29 is 14.7 Å². The van der Waals surface area contributed by atoms with Crippen LogP contribution in [-0.4, -0.2) is 52.0 Å². The van der Waals surface area contributed by atoms with Crippen LogP contribution in [0.3, 0.4) is 0 Å². The van der Waals surface area contributed by atoms with E-state index in [0.717, 1.165) is 12.8 Å². The second kappa shape index (κ2) is 7.20. The zero-order valence-electron chi connectivity index (χ0n) is 13.2. The maximum Gasteiger partial charge on any atom is 0.317 e. The number of aromatic nitrogens is 1. The summed E-state index contributed by atoms with van der Waals surface area (Å²) in [5.41, 5.74) is 1.28. The maximum absolute atomic E-state index is 12.2. The highest BCUT2D eigenvalue weighted by Gasteiger charge is 2.34. The molecular weight excluding hydrogens is 296 g/mol. The van der Waals surface area contributed by atoms with Gasteiger partial charge in [0.2, 0.25) is 0 Å². The molecule has 2 N–H and O–H groups in total. The first kappa shape index (κ1) is 16.9. The molecule has 0 spiro atoms. The van der Waals surface area contributed by atoms with E-state index in [-0.39, 0.29) is 24.5 Å². The Bertz CT molecular complexity index is 647. The molecule has 0 aliphatic heterocycles. The van der Waals surface area contributed by atoms with Crippen LogP contribution in [-0.2, 0) is 4.79 Å². The Morgan fingerprint density at radius 3 is 2.70 bits per heavy atom. The molecule has 23 heavy (non-hydrogen) atoms. The van der Waals surface area contributed by atoms with Crippen molar-refractivity contribution in [3.8, 4) is 6.07 Å². The van der Waals surface area contributed by atoms with Gasteiger partial charge in [0.05, 0.1) is 17.8 Å². The fourth-order valence-corrected chi connectivity index (χ4v) is 2.74. The summed E-state index contributed by atoms with van der Waals surface area (Å²) in [6.07, 6.45) is 1.48. The van der Waals surface area contributed by atoms with Crippen molar-refractivity contribution in [2.75, 3.05) is 13.1 Å². The smallest absolute Gasteiger partial charge is 0.317 e. The Morgan fingerprint density at radius 1 is 1.48 bits per heavy atom. The van der Waals surface area contributed by atoms with E-state index < -0.39 is 5.97 Å². The fourth-order valence-electron chi connectivity index (χ4n) is 2.74. The monoisotopic (exact) mass is 316 g/mol. The number of nitrogens with zero attached hydrogens (tertiary/aromatic N) is 3. The summed E-state index contributed by atoms with van der Waals surface area (Å²) in [5.74, 6) is -1.10. The van der Waals surface area contributed by atoms with Crippen LogP contribution in [0.1, 0.15) is 41.5 Å². The van der Waals surface area contributed by atoms with Gasteiger partial charge in [-0.1, -0.05) is 6.92 Å². The molecule has 1 fully saturated rings. The van der Waals surface area contributed by atoms with E-state index in [4.69, 9.17) is 10.4 Å². The third-order valence-electron chi connectivity index (χ3n) is 4.15. The lowest BCUT2D eigenvalue weighted by Gasteiger charge is -2.42. The molecule has 0 unspecified atom stereocenters. The molecule has 1 amide bonds. The number of hydrogen-bond acceptors (Lipinski definition) is 5. The maximum atomic E-state index is 12.2. The van der Waals surface area contributed by atoms with Gasteiger partial charge in [-0.2, -0.15) is 5.26 Å². The van der Waals surface area contributed by atoms with Crippen LogP contribution < -0.4 is 5.32 Å². The molecule has 2 rings (SSSR count). The summed E-state index contributed by atoms with van der Waals surface area (Å²) in [6, 6.07) is 5.38. The summed E-state index contributed by atoms with van der Waals surface area (Å²) in [5, 5.41) is 20.6. The standard InChI is InChI=1S/C16H20N4O3/c1-3-20(9-15(21)22)13-6-12(7-13)19-16(23)14-5-4-11(8-17)10(2)18-14/h4-5,12-13H,3,6-7,9H2,1-2H3,(H,19,23)(H,21,22). The predicted octanol–water partition coefficient (Wildman–Crippen LogP) is 0.929. The molecule has 1 aliphatic rings. The van der Waals surface area contributed by atoms with Crippen LogP contribution in [0.4, 0.5) is 0 Å². The van der Waals surface area contributed by atoms with Crippen molar-refractivity contribution in [2.45, 2.75) is 38.8 Å². The van der Waals surface area contributed by atoms with Crippen LogP contribution in [0.2, 0.25) is 0 Å². The van der Waals surface area contributed by atoms with Gasteiger partial charge in [0.1, 0.15) is 11.8 Å². The number of carboxylic acids is 1. The van der Waals surface area contributed by atoms with Crippen molar-refractivity contribution in [1.82, 2.24) is 15.2 Å². The summed E-state index contributed by atoms with van der Waals surface area (Å²) in [7, 11) is 0. The minimum absolute atomic E-state index is 0.0260. The Labute approximate surface area is 134 Å². The molecule has 1 aliphatic carbocycles. The Kier molecular flexibility index (Phi) is 5.29. The Balaban J connectivity index is 1.88. The van der Waals surface area contributed by atoms with Crippen molar-refractivity contribution in [3.05, 3.63) is 29.1 Å². The van der Waals surface area contributed by atoms with Crippen LogP contribution in [0.5, 0.6) is 0 Å². The van der Waals surface area contributed by atoms with Crippen molar-refractivity contribution in [1.29, 1.82) is 5.26 Å². The van der Waals surface area contributed by atoms with E-state index in [0.29, 0.717) is 23.5 Å². The first-order valence-electron chi connectivity index (χ1n) is 7.59. The van der Waals surface area contributed by atoms with Gasteiger partial charge < -0.3 is 10.4 Å². The minimum atomic E-state index is -0.836. The predicted molar refractivity (Wildman–Crippen MR) is 82.8 cm³/mol. The zero-order chi connectivity index (χ0) is 17.0. The number of aliphatic carboxylic acids is 1. The minimum Gasteiger partial charge on any atom is -0.480 e. The molecule has 0 radical (unpaired) electrons. The molecule has 0 bridgehead atoms. The number of nitrogens with one attached hydrogen (secondary N) is 1. The van der Waals surface area contributed by atoms with Gasteiger partial charge in [0, 0.05) is 12.1 Å². The first-order valence-corrected chi connectivity index (χ1v) is 7.59. The van der Waals surface area contributed by atoms with Crippen molar-refractivity contribution in [3.63, 3.8) is 0 Å². The van der Waals surface area contributed by atoms with Gasteiger partial charge in [-0.15, -0.1) is 0 Å². The number of rotatable bonds is 6. The van der Waals surface area contributed by atoms with Crippen molar-refractivity contribution >= 4 is 11.9 Å². The SMILES string of the molecule is CCN(CC(=O)O)C1CC(NC(=O)c2ccc(C#N)c(C)n2)C1. The number of likely N-dealkylation sites (N-methyl/N-ethyl adjacent to an activating group) is 1. The molecule has 0 saturated heterocycles. The Hall–Kier alpha value is -2.46. The lowest BCUT2D eigenvalue weighted by atomic mass is 9.85. The highest BCUT2D eigenvalue weighted by Crippen LogP contribution is 2.25. The quantitative estimate of drug-likeness (QED) is 0.808. The van der Waals surface area contributed by atoms with Gasteiger partial charge in [0.25, 0.3) is 5.91 Å². The number of hydrogen-bond donors (Lipinski definition) is 2. The Morgan fingerprint density at radius 2 is 2.17 bits per heavy atom. The zero-order valence-corrected chi connectivity index (χ0v) is 13.2. The highest BCUT2D eigenvalue weighted by molar-refractivity contribution is 5.92. The fraction of sp³-hybridized carbons (Fsp3) is 0.500. The van der Waals surface area contributed by atoms with Crippen LogP contribution in [0.25, 0.3) is 0 Å². The lowest BCUT2D eigenvalue weighted by Crippen LogP contribution is -2.54. The van der Waals surface area contributed by atoms with E-state index >= 15 is 0 Å². The molecule has 0 atom stereocenters. The number of carbonyl (C=O) groups excluding carboxylic acids is 1. The number of carbonyl (C=O) groups is 2. The van der Waals surface area contributed by atoms with Crippen molar-refractivity contribution in [2.24, 2.45) is 0 Å². The van der Waals surface area contributed by atoms with Gasteiger partial charge in [-0.05, 0) is 38.4 Å². The summed E-state index contributed by atoms with van der Waals surface area (Å²) < 4.78 is 0. The number of aryl methyl sites for hydroxylation is 1. The van der Waals surface area contributed by atoms with E-state index in [9.17, 15) is 9.59 Å². The van der Waals surface area contributed by atoms with Gasteiger partial charge in [-0.25, -0.2) is 4.98 Å². The van der Waals surface area contributed by atoms with E-state index in [1.165, 1.54) is 0 Å². The third-order valence-corrected chi connectivity index (χ3v) is 4.15. The molecule has 1 aromatic heterocycles. The molecular formula is C16H20N4O3. The average molecular weight is 316 g/mol. The number of pyridine rings is 1. The first-order chi connectivity index (χ1) is 10.9. The highest BCUT2D eigenvalue weighted by atomic mass is 16.4. The summed E-state index contributed by atoms with van der Waals surface area (Å²) >= 11 is 0. The lowest BCUT2D eigenvalue weighted by molar-refractivity contribution is -0.139. The average Bonchev–Trinajstić information content (AvgIpc) is 2.47. The molecule has 1 heterocycles. The topological polar surface area (TPSA) is 106 Å². The van der Waals surface area contributed by atoms with Crippen LogP contribution in [0.15, 0.2) is 12.1 Å². The summed E-state index contributed by atoms with van der Waals surface area (Å²) in [4.78, 5) is 29.0. The molecule has 0 aromatic carbocycles. The largest absolute Gasteiger partial charge is 0.480 e. The van der Waals surface area contributed by atoms with E-state index in [2.05, 4.69) is 10.3 Å². The number of nitriles is 1. The second-order valence-electron chi connectivity index (χ2n) is 5.69. The molecule has 1 saturated carbocycles. The third kappa shape index (κ3) is 4.05. The van der Waals surface area contributed by atoms with E-state index in [1.807, 2.05) is 17.9 Å². The molecule has 7 heteroatoms. The number of carboxylic acid groups (broad SMARTS) is 1. The van der Waals surface area contributed by atoms with Crippen LogP contribution >= 0.6 is 0 Å². The van der Waals surface area contributed by atoms with Crippen LogP contribution in [0, 0.1) is 18.3 Å². The molecule has 7 nitrogen and oxygen atoms in total. The number of amides is 1. The van der Waals surface area contributed by atoms with Gasteiger partial charge in [0.15, 0.2) is 0 Å². The van der Waals surface area contributed by atoms with Gasteiger partial charge >= 0.3 is 5.97 Å². The van der Waals surface area contributed by atoms with Gasteiger partial charge in [-0.3, -0.25) is 14.5 Å². The molecule has 122 valence electrons. The normalized spacial score (nSPS) is 19.7. The van der Waals surface area contributed by atoms with E-state index in [1.54, 1.807) is 19.1 Å². The molecule has 1 aromatic rings. The summed E-state index contributed by atoms with van der Waals surface area (Å²) in [6.45, 7) is 4.32. The second-order valence-corrected chi connectivity index (χ2v) is 5.69.